The van der Waals surface area contributed by atoms with Crippen molar-refractivity contribution in [2.45, 2.75) is 0 Å². The summed E-state index contributed by atoms with van der Waals surface area (Å²) in [4.78, 5) is 0. The Labute approximate surface area is 126 Å². The predicted octanol–water partition coefficient (Wildman–Crippen LogP) is 3.13. The van der Waals surface area contributed by atoms with Gasteiger partial charge in [-0.3, -0.25) is 0 Å². The van der Waals surface area contributed by atoms with E-state index >= 15 is 0 Å². The van der Waals surface area contributed by atoms with Gasteiger partial charge in [-0.2, -0.15) is 0 Å². The van der Waals surface area contributed by atoms with Crippen LogP contribution in [-0.2, 0) is 0 Å². The number of hydrogen-bond donors (Lipinski definition) is 1. The SMILES string of the molecule is COc1ccc(-c2nnc(-c3ccccc3OC)o2)cc1O. The number of nitrogens with zero attached hydrogens (tertiary/aromatic N) is 2. The van der Waals surface area contributed by atoms with E-state index in [2.05, 4.69) is 10.2 Å². The van der Waals surface area contributed by atoms with Crippen LogP contribution in [0.2, 0.25) is 0 Å². The second-order valence-electron chi connectivity index (χ2n) is 4.50. The summed E-state index contributed by atoms with van der Waals surface area (Å²) in [5.74, 6) is 1.70. The molecule has 0 fully saturated rings. The monoisotopic (exact) mass is 298 g/mol. The molecule has 0 aliphatic carbocycles. The maximum Gasteiger partial charge on any atom is 0.251 e. The molecule has 3 aromatic rings. The summed E-state index contributed by atoms with van der Waals surface area (Å²) in [6.45, 7) is 0. The lowest BCUT2D eigenvalue weighted by Crippen LogP contribution is -1.87. The van der Waals surface area contributed by atoms with Crippen LogP contribution in [0.3, 0.4) is 0 Å². The van der Waals surface area contributed by atoms with Crippen LogP contribution in [0.15, 0.2) is 46.9 Å². The number of methoxy groups -OCH3 is 2. The number of phenolic OH excluding ortho intramolecular Hbond substituents is 1. The number of para-hydroxylation sites is 1. The Bertz CT molecular complexity index is 798. The molecule has 6 nitrogen and oxygen atoms in total. The van der Waals surface area contributed by atoms with Gasteiger partial charge in [-0.05, 0) is 30.3 Å². The van der Waals surface area contributed by atoms with Crippen molar-refractivity contribution in [1.82, 2.24) is 10.2 Å². The second kappa shape index (κ2) is 5.77. The zero-order valence-corrected chi connectivity index (χ0v) is 12.1. The largest absolute Gasteiger partial charge is 0.504 e. The molecule has 3 rings (SSSR count). The van der Waals surface area contributed by atoms with Crippen molar-refractivity contribution in [3.05, 3.63) is 42.5 Å². The van der Waals surface area contributed by atoms with E-state index in [1.54, 1.807) is 19.2 Å². The first-order valence-corrected chi connectivity index (χ1v) is 6.57. The van der Waals surface area contributed by atoms with E-state index in [4.69, 9.17) is 13.9 Å². The molecule has 0 atom stereocenters. The average Bonchev–Trinajstić information content (AvgIpc) is 3.04. The summed E-state index contributed by atoms with van der Waals surface area (Å²) in [5, 5.41) is 17.9. The third-order valence-electron chi connectivity index (χ3n) is 3.19. The standard InChI is InChI=1S/C16H14N2O4/c1-20-13-6-4-3-5-11(13)16-18-17-15(22-16)10-7-8-14(21-2)12(19)9-10/h3-9,19H,1-2H3. The highest BCUT2D eigenvalue weighted by molar-refractivity contribution is 5.65. The Morgan fingerprint density at radius 2 is 1.64 bits per heavy atom. The normalized spacial score (nSPS) is 10.5. The third kappa shape index (κ3) is 2.46. The summed E-state index contributed by atoms with van der Waals surface area (Å²) >= 11 is 0. The topological polar surface area (TPSA) is 77.6 Å². The molecule has 0 radical (unpaired) electrons. The van der Waals surface area contributed by atoms with Gasteiger partial charge in [0, 0.05) is 5.56 Å². The number of hydrogen-bond acceptors (Lipinski definition) is 6. The van der Waals surface area contributed by atoms with Gasteiger partial charge >= 0.3 is 0 Å². The lowest BCUT2D eigenvalue weighted by atomic mass is 10.2. The molecule has 0 aliphatic rings. The fourth-order valence-corrected chi connectivity index (χ4v) is 2.09. The molecule has 2 aromatic carbocycles. The molecule has 22 heavy (non-hydrogen) atoms. The van der Waals surface area contributed by atoms with E-state index in [1.165, 1.54) is 13.2 Å². The molecule has 0 amide bonds. The van der Waals surface area contributed by atoms with Gasteiger partial charge in [0.2, 0.25) is 5.89 Å². The van der Waals surface area contributed by atoms with E-state index in [1.807, 2.05) is 24.3 Å². The molecular weight excluding hydrogens is 284 g/mol. The average molecular weight is 298 g/mol. The van der Waals surface area contributed by atoms with Gasteiger partial charge in [0.15, 0.2) is 11.5 Å². The van der Waals surface area contributed by atoms with Gasteiger partial charge < -0.3 is 19.0 Å². The van der Waals surface area contributed by atoms with E-state index in [9.17, 15) is 5.11 Å². The molecule has 1 aromatic heterocycles. The van der Waals surface area contributed by atoms with Gasteiger partial charge in [0.1, 0.15) is 5.75 Å². The van der Waals surface area contributed by atoms with Gasteiger partial charge in [0.25, 0.3) is 5.89 Å². The maximum atomic E-state index is 9.82. The van der Waals surface area contributed by atoms with E-state index < -0.39 is 0 Å². The molecular formula is C16H14N2O4. The van der Waals surface area contributed by atoms with E-state index in [0.717, 1.165) is 0 Å². The van der Waals surface area contributed by atoms with Crippen molar-refractivity contribution in [3.63, 3.8) is 0 Å². The number of aromatic hydroxyl groups is 1. The lowest BCUT2D eigenvalue weighted by molar-refractivity contribution is 0.373. The Balaban J connectivity index is 1.99. The van der Waals surface area contributed by atoms with Crippen molar-refractivity contribution < 1.29 is 19.0 Å². The van der Waals surface area contributed by atoms with Crippen LogP contribution in [-0.4, -0.2) is 29.5 Å². The minimum absolute atomic E-state index is 0.0111. The Hall–Kier alpha value is -3.02. The fraction of sp³-hybridized carbons (Fsp3) is 0.125. The molecule has 0 saturated carbocycles. The molecule has 0 unspecified atom stereocenters. The van der Waals surface area contributed by atoms with Crippen LogP contribution in [0, 0.1) is 0 Å². The quantitative estimate of drug-likeness (QED) is 0.797. The highest BCUT2D eigenvalue weighted by Crippen LogP contribution is 2.33. The third-order valence-corrected chi connectivity index (χ3v) is 3.19. The van der Waals surface area contributed by atoms with Crippen LogP contribution < -0.4 is 9.47 Å². The molecule has 1 N–H and O–H groups in total. The smallest absolute Gasteiger partial charge is 0.251 e. The second-order valence-corrected chi connectivity index (χ2v) is 4.50. The summed E-state index contributed by atoms with van der Waals surface area (Å²) in [5.41, 5.74) is 1.31. The Morgan fingerprint density at radius 1 is 0.909 bits per heavy atom. The molecule has 0 aliphatic heterocycles. The summed E-state index contributed by atoms with van der Waals surface area (Å²) in [6, 6.07) is 12.3. The van der Waals surface area contributed by atoms with Crippen molar-refractivity contribution in [3.8, 4) is 40.2 Å². The number of benzene rings is 2. The van der Waals surface area contributed by atoms with Crippen molar-refractivity contribution in [2.75, 3.05) is 14.2 Å². The molecule has 112 valence electrons. The van der Waals surface area contributed by atoms with Crippen molar-refractivity contribution in [1.29, 1.82) is 0 Å². The summed E-state index contributed by atoms with van der Waals surface area (Å²) < 4.78 is 16.0. The van der Waals surface area contributed by atoms with E-state index in [0.29, 0.717) is 34.4 Å². The van der Waals surface area contributed by atoms with Crippen LogP contribution in [0.1, 0.15) is 0 Å². The van der Waals surface area contributed by atoms with E-state index in [-0.39, 0.29) is 5.75 Å². The Kier molecular flexibility index (Phi) is 3.65. The number of rotatable bonds is 4. The molecule has 0 saturated heterocycles. The first-order chi connectivity index (χ1) is 10.7. The highest BCUT2D eigenvalue weighted by atomic mass is 16.5. The van der Waals surface area contributed by atoms with Crippen LogP contribution in [0.5, 0.6) is 17.2 Å². The molecule has 1 heterocycles. The number of ether oxygens (including phenoxy) is 2. The van der Waals surface area contributed by atoms with Gasteiger partial charge in [-0.15, -0.1) is 10.2 Å². The van der Waals surface area contributed by atoms with Crippen molar-refractivity contribution in [2.24, 2.45) is 0 Å². The lowest BCUT2D eigenvalue weighted by Gasteiger charge is -2.04. The van der Waals surface area contributed by atoms with Crippen LogP contribution in [0.4, 0.5) is 0 Å². The van der Waals surface area contributed by atoms with Gasteiger partial charge in [-0.1, -0.05) is 12.1 Å². The molecule has 0 bridgehead atoms. The number of aromatic nitrogens is 2. The zero-order valence-electron chi connectivity index (χ0n) is 12.1. The predicted molar refractivity (Wildman–Crippen MR) is 79.9 cm³/mol. The van der Waals surface area contributed by atoms with Crippen molar-refractivity contribution >= 4 is 0 Å². The molecule has 6 heteroatoms. The van der Waals surface area contributed by atoms with Gasteiger partial charge in [0.05, 0.1) is 19.8 Å². The maximum absolute atomic E-state index is 9.82. The first kappa shape index (κ1) is 13.9. The van der Waals surface area contributed by atoms with Crippen LogP contribution in [0.25, 0.3) is 22.9 Å². The highest BCUT2D eigenvalue weighted by Gasteiger charge is 2.15. The zero-order chi connectivity index (χ0) is 15.5. The Morgan fingerprint density at radius 3 is 2.36 bits per heavy atom. The van der Waals surface area contributed by atoms with Gasteiger partial charge in [-0.25, -0.2) is 0 Å². The minimum Gasteiger partial charge on any atom is -0.504 e. The summed E-state index contributed by atoms with van der Waals surface area (Å²) in [6.07, 6.45) is 0. The number of phenols is 1. The van der Waals surface area contributed by atoms with Crippen LogP contribution >= 0.6 is 0 Å². The summed E-state index contributed by atoms with van der Waals surface area (Å²) in [7, 11) is 3.07. The first-order valence-electron chi connectivity index (χ1n) is 6.57. The molecule has 0 spiro atoms. The fourth-order valence-electron chi connectivity index (χ4n) is 2.09. The minimum atomic E-state index is 0.0111.